The zero-order valence-electron chi connectivity index (χ0n) is 18.7. The summed E-state index contributed by atoms with van der Waals surface area (Å²) in [5, 5.41) is 9.53. The van der Waals surface area contributed by atoms with Gasteiger partial charge in [0, 0.05) is 12.8 Å². The summed E-state index contributed by atoms with van der Waals surface area (Å²) in [4.78, 5) is 16.4. The van der Waals surface area contributed by atoms with E-state index in [1.807, 2.05) is 36.4 Å². The van der Waals surface area contributed by atoms with E-state index in [0.717, 1.165) is 46.6 Å². The first-order chi connectivity index (χ1) is 15.5. The van der Waals surface area contributed by atoms with E-state index in [1.54, 1.807) is 12.1 Å². The van der Waals surface area contributed by atoms with Crippen molar-refractivity contribution in [2.45, 2.75) is 39.7 Å². The molecular weight excluding hydrogens is 400 g/mol. The van der Waals surface area contributed by atoms with Gasteiger partial charge < -0.3 is 14.2 Å². The van der Waals surface area contributed by atoms with Gasteiger partial charge in [0.1, 0.15) is 11.8 Å². The van der Waals surface area contributed by atoms with Crippen LogP contribution in [0.25, 0.3) is 16.8 Å². The van der Waals surface area contributed by atoms with Gasteiger partial charge in [0.2, 0.25) is 0 Å². The van der Waals surface area contributed by atoms with Crippen LogP contribution in [0.3, 0.4) is 0 Å². The molecule has 5 heteroatoms. The van der Waals surface area contributed by atoms with E-state index in [-0.39, 0.29) is 6.10 Å². The molecule has 0 unspecified atom stereocenters. The summed E-state index contributed by atoms with van der Waals surface area (Å²) in [7, 11) is 0. The summed E-state index contributed by atoms with van der Waals surface area (Å²) in [5.74, 6) is -0.928. The lowest BCUT2D eigenvalue weighted by Crippen LogP contribution is -2.11. The highest BCUT2D eigenvalue weighted by molar-refractivity contribution is 5.96. The number of benzene rings is 2. The molecule has 5 nitrogen and oxygen atoms in total. The maximum absolute atomic E-state index is 11.6. The van der Waals surface area contributed by atoms with E-state index >= 15 is 0 Å². The Balaban J connectivity index is 1.77. The van der Waals surface area contributed by atoms with Crippen LogP contribution in [0, 0.1) is 6.92 Å². The molecule has 0 fully saturated rings. The second kappa shape index (κ2) is 9.37. The SMILES string of the molecule is CCCO[C@H](c1ccc(-c2ccccc2C(=O)O)cc1)c1ccc(C)c2nc(CC)cn12. The van der Waals surface area contributed by atoms with Crippen molar-refractivity contribution in [1.29, 1.82) is 0 Å². The van der Waals surface area contributed by atoms with Crippen LogP contribution in [0.4, 0.5) is 0 Å². The van der Waals surface area contributed by atoms with Gasteiger partial charge in [-0.1, -0.05) is 62.4 Å². The largest absolute Gasteiger partial charge is 0.478 e. The van der Waals surface area contributed by atoms with Gasteiger partial charge in [-0.3, -0.25) is 0 Å². The summed E-state index contributed by atoms with van der Waals surface area (Å²) in [6.07, 6.45) is 3.64. The zero-order chi connectivity index (χ0) is 22.7. The fraction of sp³-hybridized carbons (Fsp3) is 0.259. The molecule has 0 aliphatic heterocycles. The number of hydrogen-bond donors (Lipinski definition) is 1. The molecule has 2 heterocycles. The molecular formula is C27H28N2O3. The normalized spacial score (nSPS) is 12.2. The van der Waals surface area contributed by atoms with E-state index < -0.39 is 5.97 Å². The van der Waals surface area contributed by atoms with E-state index in [9.17, 15) is 9.90 Å². The summed E-state index contributed by atoms with van der Waals surface area (Å²) < 4.78 is 8.46. The third kappa shape index (κ3) is 4.16. The van der Waals surface area contributed by atoms with E-state index in [0.29, 0.717) is 17.7 Å². The summed E-state index contributed by atoms with van der Waals surface area (Å²) in [5.41, 5.74) is 7.06. The Kier molecular flexibility index (Phi) is 6.37. The topological polar surface area (TPSA) is 63.8 Å². The standard InChI is InChI=1S/C27H28N2O3/c1-4-16-32-25(24-15-10-18(3)26-28-21(5-2)17-29(24)26)20-13-11-19(12-14-20)22-8-6-7-9-23(22)27(30)31/h6-15,17,25H,4-5,16H2,1-3H3,(H,30,31)/t25-/m1/s1. The molecule has 4 rings (SSSR count). The van der Waals surface area contributed by atoms with Gasteiger partial charge in [0.05, 0.1) is 17.0 Å². The van der Waals surface area contributed by atoms with Gasteiger partial charge in [-0.05, 0) is 54.2 Å². The minimum Gasteiger partial charge on any atom is -0.478 e. The number of aryl methyl sites for hydroxylation is 2. The molecule has 0 spiro atoms. The number of fused-ring (bicyclic) bond motifs is 1. The number of carboxylic acids is 1. The van der Waals surface area contributed by atoms with Crippen LogP contribution in [0.5, 0.6) is 0 Å². The van der Waals surface area contributed by atoms with Crippen LogP contribution in [-0.4, -0.2) is 27.1 Å². The summed E-state index contributed by atoms with van der Waals surface area (Å²) in [6.45, 7) is 6.91. The molecule has 0 bridgehead atoms. The first-order valence-corrected chi connectivity index (χ1v) is 11.0. The molecule has 0 aliphatic rings. The second-order valence-corrected chi connectivity index (χ2v) is 7.94. The van der Waals surface area contributed by atoms with Gasteiger partial charge in [0.25, 0.3) is 0 Å². The van der Waals surface area contributed by atoms with Crippen LogP contribution < -0.4 is 0 Å². The smallest absolute Gasteiger partial charge is 0.336 e. The van der Waals surface area contributed by atoms with Crippen molar-refractivity contribution in [2.75, 3.05) is 6.61 Å². The molecule has 1 atom stereocenters. The number of carboxylic acid groups (broad SMARTS) is 1. The predicted molar refractivity (Wildman–Crippen MR) is 126 cm³/mol. The number of nitrogens with zero attached hydrogens (tertiary/aromatic N) is 2. The molecule has 1 N–H and O–H groups in total. The van der Waals surface area contributed by atoms with Crippen LogP contribution >= 0.6 is 0 Å². The lowest BCUT2D eigenvalue weighted by molar-refractivity contribution is 0.0697. The zero-order valence-corrected chi connectivity index (χ0v) is 18.7. The Morgan fingerprint density at radius 3 is 2.50 bits per heavy atom. The van der Waals surface area contributed by atoms with Crippen LogP contribution in [0.2, 0.25) is 0 Å². The first kappa shape index (κ1) is 21.8. The molecule has 0 radical (unpaired) electrons. The molecule has 32 heavy (non-hydrogen) atoms. The Morgan fingerprint density at radius 2 is 1.81 bits per heavy atom. The fourth-order valence-electron chi connectivity index (χ4n) is 4.00. The monoisotopic (exact) mass is 428 g/mol. The number of carbonyl (C=O) groups is 1. The molecule has 2 aromatic heterocycles. The Morgan fingerprint density at radius 1 is 1.06 bits per heavy atom. The van der Waals surface area contributed by atoms with Crippen molar-refractivity contribution in [2.24, 2.45) is 0 Å². The first-order valence-electron chi connectivity index (χ1n) is 11.0. The van der Waals surface area contributed by atoms with E-state index in [1.165, 1.54) is 0 Å². The van der Waals surface area contributed by atoms with Gasteiger partial charge in [-0.25, -0.2) is 9.78 Å². The van der Waals surface area contributed by atoms with Gasteiger partial charge in [-0.15, -0.1) is 0 Å². The quantitative estimate of drug-likeness (QED) is 0.369. The molecule has 4 aromatic rings. The number of imidazole rings is 1. The summed E-state index contributed by atoms with van der Waals surface area (Å²) in [6, 6.07) is 19.3. The number of ether oxygens (including phenoxy) is 1. The lowest BCUT2D eigenvalue weighted by atomic mass is 9.97. The number of rotatable bonds is 8. The van der Waals surface area contributed by atoms with Gasteiger partial charge >= 0.3 is 5.97 Å². The molecule has 0 saturated carbocycles. The average molecular weight is 429 g/mol. The van der Waals surface area contributed by atoms with Crippen LogP contribution in [-0.2, 0) is 11.2 Å². The Hall–Kier alpha value is -3.44. The number of hydrogen-bond acceptors (Lipinski definition) is 3. The maximum Gasteiger partial charge on any atom is 0.336 e. The summed E-state index contributed by atoms with van der Waals surface area (Å²) >= 11 is 0. The molecule has 0 aliphatic carbocycles. The molecule has 0 amide bonds. The molecule has 0 saturated heterocycles. The van der Waals surface area contributed by atoms with Crippen molar-refractivity contribution in [3.05, 3.63) is 94.9 Å². The highest BCUT2D eigenvalue weighted by atomic mass is 16.5. The van der Waals surface area contributed by atoms with Gasteiger partial charge in [0.15, 0.2) is 0 Å². The highest BCUT2D eigenvalue weighted by Crippen LogP contribution is 2.31. The predicted octanol–water partition coefficient (Wildman–Crippen LogP) is 6.09. The van der Waals surface area contributed by atoms with Crippen molar-refractivity contribution < 1.29 is 14.6 Å². The third-order valence-corrected chi connectivity index (χ3v) is 5.69. The van der Waals surface area contributed by atoms with Crippen molar-refractivity contribution in [3.8, 4) is 11.1 Å². The Labute approximate surface area is 188 Å². The number of pyridine rings is 1. The van der Waals surface area contributed by atoms with Gasteiger partial charge in [-0.2, -0.15) is 0 Å². The van der Waals surface area contributed by atoms with E-state index in [2.05, 4.69) is 43.5 Å². The van der Waals surface area contributed by atoms with E-state index in [4.69, 9.17) is 9.72 Å². The molecule has 164 valence electrons. The third-order valence-electron chi connectivity index (χ3n) is 5.69. The maximum atomic E-state index is 11.6. The van der Waals surface area contributed by atoms with Crippen molar-refractivity contribution >= 4 is 11.6 Å². The van der Waals surface area contributed by atoms with Crippen LogP contribution in [0.15, 0.2) is 66.9 Å². The molecule has 2 aromatic carbocycles. The fourth-order valence-corrected chi connectivity index (χ4v) is 4.00. The second-order valence-electron chi connectivity index (χ2n) is 7.94. The van der Waals surface area contributed by atoms with Crippen molar-refractivity contribution in [3.63, 3.8) is 0 Å². The highest BCUT2D eigenvalue weighted by Gasteiger charge is 2.20. The minimum atomic E-state index is -0.928. The number of aromatic nitrogens is 2. The minimum absolute atomic E-state index is 0.249. The van der Waals surface area contributed by atoms with Crippen molar-refractivity contribution in [1.82, 2.24) is 9.38 Å². The van der Waals surface area contributed by atoms with Crippen LogP contribution in [0.1, 0.15) is 59.2 Å². The average Bonchev–Trinajstić information content (AvgIpc) is 3.26. The lowest BCUT2D eigenvalue weighted by Gasteiger charge is -2.21. The number of aromatic carboxylic acids is 1. The Bertz CT molecular complexity index is 1240.